The molecule has 15 heavy (non-hydrogen) atoms. The van der Waals surface area contributed by atoms with Crippen LogP contribution < -0.4 is 9.47 Å². The quantitative estimate of drug-likeness (QED) is 0.764. The van der Waals surface area contributed by atoms with Gasteiger partial charge in [-0.25, -0.2) is 0 Å². The molecule has 1 N–H and O–H groups in total. The Morgan fingerprint density at radius 2 is 1.80 bits per heavy atom. The lowest BCUT2D eigenvalue weighted by molar-refractivity contribution is 0.234. The van der Waals surface area contributed by atoms with Crippen LogP contribution in [0.4, 0.5) is 0 Å². The van der Waals surface area contributed by atoms with Crippen LogP contribution in [0.5, 0.6) is 11.5 Å². The molecule has 0 aliphatic heterocycles. The summed E-state index contributed by atoms with van der Waals surface area (Å²) in [5, 5.41) is 18.1. The summed E-state index contributed by atoms with van der Waals surface area (Å²) in [6.45, 7) is 1.80. The van der Waals surface area contributed by atoms with E-state index in [4.69, 9.17) is 14.7 Å². The van der Waals surface area contributed by atoms with E-state index in [-0.39, 0.29) is 0 Å². The molecular weight excluding hydrogens is 194 g/mol. The zero-order chi connectivity index (χ0) is 11.4. The van der Waals surface area contributed by atoms with Crippen molar-refractivity contribution in [3.05, 3.63) is 23.3 Å². The summed E-state index contributed by atoms with van der Waals surface area (Å²) in [5.74, 6) is 1.09. The first kappa shape index (κ1) is 11.3. The number of hydrogen-bond acceptors (Lipinski definition) is 4. The van der Waals surface area contributed by atoms with Crippen LogP contribution >= 0.6 is 0 Å². The van der Waals surface area contributed by atoms with Crippen LogP contribution in [0.15, 0.2) is 12.1 Å². The molecule has 0 aliphatic rings. The van der Waals surface area contributed by atoms with E-state index in [0.29, 0.717) is 17.1 Å². The minimum atomic E-state index is -1.13. The molecule has 80 valence electrons. The van der Waals surface area contributed by atoms with Crippen molar-refractivity contribution in [2.75, 3.05) is 14.2 Å². The number of benzene rings is 1. The molecule has 0 bridgehead atoms. The maximum Gasteiger partial charge on any atom is 0.166 e. The summed E-state index contributed by atoms with van der Waals surface area (Å²) in [5.41, 5.74) is 1.33. The summed E-state index contributed by atoms with van der Waals surface area (Å²) >= 11 is 0. The molecule has 4 nitrogen and oxygen atoms in total. The zero-order valence-electron chi connectivity index (χ0n) is 8.94. The second-order valence-corrected chi connectivity index (χ2v) is 3.10. The minimum absolute atomic E-state index is 0.507. The topological polar surface area (TPSA) is 62.5 Å². The molecule has 0 saturated heterocycles. The van der Waals surface area contributed by atoms with Crippen LogP contribution in [0, 0.1) is 18.3 Å². The van der Waals surface area contributed by atoms with Crippen molar-refractivity contribution < 1.29 is 14.6 Å². The van der Waals surface area contributed by atoms with Crippen molar-refractivity contribution >= 4 is 0 Å². The van der Waals surface area contributed by atoms with Crippen molar-refractivity contribution in [1.82, 2.24) is 0 Å². The number of aryl methyl sites for hydroxylation is 1. The van der Waals surface area contributed by atoms with E-state index in [1.54, 1.807) is 25.1 Å². The first-order chi connectivity index (χ1) is 7.13. The second kappa shape index (κ2) is 4.67. The van der Waals surface area contributed by atoms with Crippen molar-refractivity contribution in [1.29, 1.82) is 5.26 Å². The maximum absolute atomic E-state index is 9.44. The van der Waals surface area contributed by atoms with Gasteiger partial charge in [0, 0.05) is 5.56 Å². The van der Waals surface area contributed by atoms with Gasteiger partial charge in [-0.2, -0.15) is 5.26 Å². The minimum Gasteiger partial charge on any atom is -0.493 e. The Labute approximate surface area is 88.7 Å². The molecule has 0 heterocycles. The van der Waals surface area contributed by atoms with Gasteiger partial charge in [0.1, 0.15) is 0 Å². The third kappa shape index (κ3) is 2.20. The molecule has 1 atom stereocenters. The lowest BCUT2D eigenvalue weighted by Crippen LogP contribution is -2.00. The first-order valence-corrected chi connectivity index (χ1v) is 4.44. The molecule has 4 heteroatoms. The fourth-order valence-corrected chi connectivity index (χ4v) is 1.36. The smallest absolute Gasteiger partial charge is 0.166 e. The number of nitriles is 1. The Bertz CT molecular complexity index is 396. The predicted octanol–water partition coefficient (Wildman–Crippen LogP) is 1.57. The SMILES string of the molecule is COc1cc(C)c(C(O)C#N)cc1OC. The van der Waals surface area contributed by atoms with Gasteiger partial charge in [0.05, 0.1) is 20.3 Å². The van der Waals surface area contributed by atoms with Crippen LogP contribution in [0.25, 0.3) is 0 Å². The molecule has 0 aromatic heterocycles. The monoisotopic (exact) mass is 207 g/mol. The highest BCUT2D eigenvalue weighted by atomic mass is 16.5. The number of ether oxygens (including phenoxy) is 2. The Balaban J connectivity index is 3.27. The Kier molecular flexibility index (Phi) is 3.53. The van der Waals surface area contributed by atoms with Crippen molar-refractivity contribution in [2.45, 2.75) is 13.0 Å². The fourth-order valence-electron chi connectivity index (χ4n) is 1.36. The summed E-state index contributed by atoms with van der Waals surface area (Å²) in [7, 11) is 3.05. The Morgan fingerprint density at radius 1 is 1.27 bits per heavy atom. The fraction of sp³-hybridized carbons (Fsp3) is 0.364. The van der Waals surface area contributed by atoms with E-state index in [2.05, 4.69) is 0 Å². The van der Waals surface area contributed by atoms with E-state index in [9.17, 15) is 5.11 Å². The van der Waals surface area contributed by atoms with Gasteiger partial charge < -0.3 is 14.6 Å². The third-order valence-corrected chi connectivity index (χ3v) is 2.19. The van der Waals surface area contributed by atoms with Crippen molar-refractivity contribution in [2.24, 2.45) is 0 Å². The number of nitrogens with zero attached hydrogens (tertiary/aromatic N) is 1. The number of aliphatic hydroxyl groups excluding tert-OH is 1. The van der Waals surface area contributed by atoms with E-state index in [1.165, 1.54) is 14.2 Å². The van der Waals surface area contributed by atoms with Crippen molar-refractivity contribution in [3.8, 4) is 17.6 Å². The number of hydrogen-bond donors (Lipinski definition) is 1. The summed E-state index contributed by atoms with van der Waals surface area (Å²) in [6.07, 6.45) is -1.13. The highest BCUT2D eigenvalue weighted by Crippen LogP contribution is 2.32. The van der Waals surface area contributed by atoms with Crippen LogP contribution in [0.2, 0.25) is 0 Å². The Morgan fingerprint density at radius 3 is 2.27 bits per heavy atom. The molecular formula is C11H13NO3. The zero-order valence-corrected chi connectivity index (χ0v) is 8.94. The van der Waals surface area contributed by atoms with Crippen molar-refractivity contribution in [3.63, 3.8) is 0 Å². The largest absolute Gasteiger partial charge is 0.493 e. The van der Waals surface area contributed by atoms with Crippen LogP contribution in [-0.4, -0.2) is 19.3 Å². The molecule has 1 aromatic rings. The second-order valence-electron chi connectivity index (χ2n) is 3.10. The highest BCUT2D eigenvalue weighted by Gasteiger charge is 2.14. The Hall–Kier alpha value is -1.73. The average molecular weight is 207 g/mol. The predicted molar refractivity (Wildman–Crippen MR) is 54.9 cm³/mol. The van der Waals surface area contributed by atoms with E-state index in [0.717, 1.165) is 5.56 Å². The standard InChI is InChI=1S/C11H13NO3/c1-7-4-10(14-2)11(15-3)5-8(7)9(13)6-12/h4-5,9,13H,1-3H3. The number of rotatable bonds is 3. The molecule has 0 saturated carbocycles. The van der Waals surface area contributed by atoms with Gasteiger partial charge in [0.15, 0.2) is 17.6 Å². The van der Waals surface area contributed by atoms with Crippen LogP contribution in [0.3, 0.4) is 0 Å². The van der Waals surface area contributed by atoms with Gasteiger partial charge in [-0.05, 0) is 24.6 Å². The molecule has 0 fully saturated rings. The lowest BCUT2D eigenvalue weighted by atomic mass is 10.0. The summed E-state index contributed by atoms with van der Waals surface area (Å²) in [6, 6.07) is 5.11. The molecule has 1 unspecified atom stereocenters. The van der Waals surface area contributed by atoms with Gasteiger partial charge >= 0.3 is 0 Å². The van der Waals surface area contributed by atoms with E-state index >= 15 is 0 Å². The summed E-state index contributed by atoms with van der Waals surface area (Å²) in [4.78, 5) is 0. The molecule has 0 amide bonds. The van der Waals surface area contributed by atoms with Crippen LogP contribution in [-0.2, 0) is 0 Å². The molecule has 0 aliphatic carbocycles. The van der Waals surface area contributed by atoms with Gasteiger partial charge in [-0.1, -0.05) is 0 Å². The molecule has 1 rings (SSSR count). The molecule has 0 radical (unpaired) electrons. The molecule has 1 aromatic carbocycles. The van der Waals surface area contributed by atoms with E-state index < -0.39 is 6.10 Å². The maximum atomic E-state index is 9.44. The van der Waals surface area contributed by atoms with Gasteiger partial charge in [-0.15, -0.1) is 0 Å². The number of methoxy groups -OCH3 is 2. The number of aliphatic hydroxyl groups is 1. The highest BCUT2D eigenvalue weighted by molar-refractivity contribution is 5.48. The van der Waals surface area contributed by atoms with Crippen LogP contribution in [0.1, 0.15) is 17.2 Å². The third-order valence-electron chi connectivity index (χ3n) is 2.19. The van der Waals surface area contributed by atoms with E-state index in [1.807, 2.05) is 0 Å². The summed E-state index contributed by atoms with van der Waals surface area (Å²) < 4.78 is 10.2. The average Bonchev–Trinajstić information content (AvgIpc) is 2.27. The molecule has 0 spiro atoms. The normalized spacial score (nSPS) is 11.7. The lowest BCUT2D eigenvalue weighted by Gasteiger charge is -2.13. The van der Waals surface area contributed by atoms with Gasteiger partial charge in [0.25, 0.3) is 0 Å². The van der Waals surface area contributed by atoms with Gasteiger partial charge in [-0.3, -0.25) is 0 Å². The van der Waals surface area contributed by atoms with Gasteiger partial charge in [0.2, 0.25) is 0 Å². The first-order valence-electron chi connectivity index (χ1n) is 4.44.